The fourth-order valence-electron chi connectivity index (χ4n) is 3.13. The molecule has 0 bridgehead atoms. The summed E-state index contributed by atoms with van der Waals surface area (Å²) >= 11 is 0. The third-order valence-electron chi connectivity index (χ3n) is 4.05. The van der Waals surface area contributed by atoms with Gasteiger partial charge in [-0.15, -0.1) is 0 Å². The van der Waals surface area contributed by atoms with Crippen molar-refractivity contribution >= 4 is 11.6 Å². The van der Waals surface area contributed by atoms with E-state index < -0.39 is 0 Å². The second kappa shape index (κ2) is 4.40. The van der Waals surface area contributed by atoms with Crippen LogP contribution in [-0.4, -0.2) is 23.9 Å². The second-order valence-corrected chi connectivity index (χ2v) is 5.16. The molecule has 2 fully saturated rings. The maximum absolute atomic E-state index is 6.09. The van der Waals surface area contributed by atoms with Gasteiger partial charge in [-0.25, -0.2) is 4.99 Å². The summed E-state index contributed by atoms with van der Waals surface area (Å²) in [6, 6.07) is 9.96. The van der Waals surface area contributed by atoms with E-state index in [4.69, 9.17) is 5.73 Å². The van der Waals surface area contributed by atoms with E-state index in [1.54, 1.807) is 0 Å². The lowest BCUT2D eigenvalue weighted by molar-refractivity contribution is 0.460. The van der Waals surface area contributed by atoms with Crippen molar-refractivity contribution in [1.82, 2.24) is 4.90 Å². The van der Waals surface area contributed by atoms with Gasteiger partial charge in [-0.1, -0.05) is 24.6 Å². The van der Waals surface area contributed by atoms with Crippen LogP contribution in [0.25, 0.3) is 0 Å². The molecule has 2 atom stereocenters. The minimum Gasteiger partial charge on any atom is -0.369 e. The number of guanidine groups is 1. The number of fused-ring (bicyclic) bond motifs is 1. The van der Waals surface area contributed by atoms with Crippen LogP contribution in [0.5, 0.6) is 0 Å². The maximum Gasteiger partial charge on any atom is 0.196 e. The maximum atomic E-state index is 6.09. The Hall–Kier alpha value is -1.51. The average molecular weight is 229 g/mol. The van der Waals surface area contributed by atoms with Crippen LogP contribution in [-0.2, 0) is 0 Å². The molecule has 3 rings (SSSR count). The van der Waals surface area contributed by atoms with Crippen molar-refractivity contribution < 1.29 is 0 Å². The van der Waals surface area contributed by atoms with E-state index in [-0.39, 0.29) is 0 Å². The van der Waals surface area contributed by atoms with Gasteiger partial charge in [-0.05, 0) is 36.8 Å². The highest BCUT2D eigenvalue weighted by Crippen LogP contribution is 2.37. The molecule has 0 amide bonds. The number of nitrogens with two attached hydrogens (primary N) is 1. The smallest absolute Gasteiger partial charge is 0.196 e. The lowest BCUT2D eigenvalue weighted by Crippen LogP contribution is -2.35. The van der Waals surface area contributed by atoms with Crippen LogP contribution in [0.2, 0.25) is 0 Å². The number of likely N-dealkylation sites (tertiary alicyclic amines) is 1. The van der Waals surface area contributed by atoms with Gasteiger partial charge in [0.2, 0.25) is 0 Å². The van der Waals surface area contributed by atoms with Crippen LogP contribution in [0.15, 0.2) is 35.3 Å². The standard InChI is InChI=1S/C14H19N3/c15-14(16-13-7-2-1-3-8-13)17-9-11-5-4-6-12(11)10-17/h1-3,7-8,11-12H,4-6,9-10H2,(H2,15,16). The molecule has 1 saturated heterocycles. The Morgan fingerprint density at radius 2 is 1.76 bits per heavy atom. The summed E-state index contributed by atoms with van der Waals surface area (Å²) in [6.45, 7) is 2.21. The van der Waals surface area contributed by atoms with Crippen LogP contribution < -0.4 is 5.73 Å². The van der Waals surface area contributed by atoms with Gasteiger partial charge in [0.15, 0.2) is 5.96 Å². The van der Waals surface area contributed by atoms with Crippen LogP contribution in [0, 0.1) is 11.8 Å². The second-order valence-electron chi connectivity index (χ2n) is 5.16. The first-order chi connectivity index (χ1) is 8.33. The molecule has 1 aromatic carbocycles. The molecule has 2 N–H and O–H groups in total. The highest BCUT2D eigenvalue weighted by atomic mass is 15.3. The molecule has 1 heterocycles. The van der Waals surface area contributed by atoms with Crippen LogP contribution in [0.4, 0.5) is 5.69 Å². The van der Waals surface area contributed by atoms with Crippen LogP contribution in [0.3, 0.4) is 0 Å². The first-order valence-electron chi connectivity index (χ1n) is 6.47. The third-order valence-corrected chi connectivity index (χ3v) is 4.05. The summed E-state index contributed by atoms with van der Waals surface area (Å²) in [7, 11) is 0. The van der Waals surface area contributed by atoms with E-state index in [1.165, 1.54) is 19.3 Å². The Labute approximate surface area is 102 Å². The van der Waals surface area contributed by atoms with Crippen molar-refractivity contribution in [3.05, 3.63) is 30.3 Å². The lowest BCUT2D eigenvalue weighted by atomic mass is 10.0. The van der Waals surface area contributed by atoms with Gasteiger partial charge in [0.25, 0.3) is 0 Å². The molecule has 90 valence electrons. The highest BCUT2D eigenvalue weighted by molar-refractivity contribution is 5.81. The molecule has 0 spiro atoms. The van der Waals surface area contributed by atoms with Crippen molar-refractivity contribution in [3.63, 3.8) is 0 Å². The quantitative estimate of drug-likeness (QED) is 0.593. The summed E-state index contributed by atoms with van der Waals surface area (Å²) in [5, 5.41) is 0. The van der Waals surface area contributed by atoms with Crippen molar-refractivity contribution in [2.75, 3.05) is 13.1 Å². The predicted octanol–water partition coefficient (Wildman–Crippen LogP) is 2.36. The van der Waals surface area contributed by atoms with Gasteiger partial charge in [-0.3, -0.25) is 0 Å². The van der Waals surface area contributed by atoms with Crippen molar-refractivity contribution in [1.29, 1.82) is 0 Å². The highest BCUT2D eigenvalue weighted by Gasteiger charge is 2.36. The van der Waals surface area contributed by atoms with E-state index in [9.17, 15) is 0 Å². The van der Waals surface area contributed by atoms with Gasteiger partial charge >= 0.3 is 0 Å². The van der Waals surface area contributed by atoms with E-state index in [2.05, 4.69) is 9.89 Å². The first kappa shape index (κ1) is 10.6. The number of hydrogen-bond donors (Lipinski definition) is 1. The van der Waals surface area contributed by atoms with Gasteiger partial charge in [0.05, 0.1) is 5.69 Å². The fraction of sp³-hybridized carbons (Fsp3) is 0.500. The number of benzene rings is 1. The first-order valence-corrected chi connectivity index (χ1v) is 6.47. The Morgan fingerprint density at radius 3 is 2.41 bits per heavy atom. The Bertz CT molecular complexity index is 401. The minimum absolute atomic E-state index is 0.686. The van der Waals surface area contributed by atoms with Crippen LogP contribution in [0.1, 0.15) is 19.3 Å². The fourth-order valence-corrected chi connectivity index (χ4v) is 3.13. The topological polar surface area (TPSA) is 41.6 Å². The summed E-state index contributed by atoms with van der Waals surface area (Å²) < 4.78 is 0. The summed E-state index contributed by atoms with van der Waals surface area (Å²) in [5.74, 6) is 2.41. The molecular weight excluding hydrogens is 210 g/mol. The van der Waals surface area contributed by atoms with Gasteiger partial charge in [-0.2, -0.15) is 0 Å². The van der Waals surface area contributed by atoms with E-state index in [0.29, 0.717) is 5.96 Å². The summed E-state index contributed by atoms with van der Waals surface area (Å²) in [5.41, 5.74) is 7.04. The minimum atomic E-state index is 0.686. The van der Waals surface area contributed by atoms with E-state index in [0.717, 1.165) is 30.6 Å². The monoisotopic (exact) mass is 229 g/mol. The largest absolute Gasteiger partial charge is 0.369 e. The molecule has 2 aliphatic rings. The molecule has 3 heteroatoms. The SMILES string of the molecule is NC(=Nc1ccccc1)N1CC2CCCC2C1. The molecule has 2 unspecified atom stereocenters. The molecule has 1 saturated carbocycles. The zero-order valence-electron chi connectivity index (χ0n) is 10.0. The molecular formula is C14H19N3. The zero-order chi connectivity index (χ0) is 11.7. The molecule has 1 aliphatic heterocycles. The zero-order valence-corrected chi connectivity index (χ0v) is 10.0. The lowest BCUT2D eigenvalue weighted by Gasteiger charge is -2.17. The average Bonchev–Trinajstić information content (AvgIpc) is 2.90. The number of hydrogen-bond acceptors (Lipinski definition) is 1. The Balaban J connectivity index is 1.71. The molecule has 3 nitrogen and oxygen atoms in total. The molecule has 0 aromatic heterocycles. The Kier molecular flexibility index (Phi) is 2.75. The van der Waals surface area contributed by atoms with Crippen LogP contribution >= 0.6 is 0 Å². The van der Waals surface area contributed by atoms with Crippen molar-refractivity contribution in [3.8, 4) is 0 Å². The molecule has 0 radical (unpaired) electrons. The molecule has 1 aliphatic carbocycles. The van der Waals surface area contributed by atoms with E-state index in [1.807, 2.05) is 30.3 Å². The Morgan fingerprint density at radius 1 is 1.12 bits per heavy atom. The van der Waals surface area contributed by atoms with Gasteiger partial charge in [0.1, 0.15) is 0 Å². The predicted molar refractivity (Wildman–Crippen MR) is 70.1 cm³/mol. The van der Waals surface area contributed by atoms with Gasteiger partial charge < -0.3 is 10.6 Å². The summed E-state index contributed by atoms with van der Waals surface area (Å²) in [4.78, 5) is 6.74. The van der Waals surface area contributed by atoms with Crippen molar-refractivity contribution in [2.24, 2.45) is 22.6 Å². The molecule has 17 heavy (non-hydrogen) atoms. The third kappa shape index (κ3) is 2.14. The normalized spacial score (nSPS) is 28.5. The number of para-hydroxylation sites is 1. The van der Waals surface area contributed by atoms with Gasteiger partial charge in [0, 0.05) is 13.1 Å². The number of rotatable bonds is 1. The molecule has 1 aromatic rings. The summed E-state index contributed by atoms with van der Waals surface area (Å²) in [6.07, 6.45) is 4.15. The van der Waals surface area contributed by atoms with Crippen molar-refractivity contribution in [2.45, 2.75) is 19.3 Å². The van der Waals surface area contributed by atoms with E-state index >= 15 is 0 Å². The number of aliphatic imine (C=N–C) groups is 1. The number of nitrogens with zero attached hydrogens (tertiary/aromatic N) is 2.